The highest BCUT2D eigenvalue weighted by Crippen LogP contribution is 2.23. The minimum absolute atomic E-state index is 0.0317. The Balaban J connectivity index is 1.64. The molecule has 4 atom stereocenters. The number of ether oxygens (including phenoxy) is 2. The highest BCUT2D eigenvalue weighted by molar-refractivity contribution is 5.99. The Labute approximate surface area is 371 Å². The predicted molar refractivity (Wildman–Crippen MR) is 238 cm³/mol. The van der Waals surface area contributed by atoms with Crippen molar-refractivity contribution in [3.63, 3.8) is 0 Å². The highest BCUT2D eigenvalue weighted by Gasteiger charge is 2.39. The fourth-order valence-corrected chi connectivity index (χ4v) is 6.85. The second kappa shape index (κ2) is 24.8. The first kappa shape index (κ1) is 51.6. The molecule has 0 spiro atoms. The number of nitrogens with two attached hydrogens (primary N) is 1. The Kier molecular flexibility index (Phi) is 20.3. The zero-order valence-corrected chi connectivity index (χ0v) is 38.0. The number of benzene rings is 2. The van der Waals surface area contributed by atoms with Crippen molar-refractivity contribution in [2.45, 2.75) is 155 Å². The molecule has 17 heteroatoms. The van der Waals surface area contributed by atoms with Crippen LogP contribution in [0.25, 0.3) is 11.1 Å². The van der Waals surface area contributed by atoms with Gasteiger partial charge in [-0.15, -0.1) is 0 Å². The molecule has 0 saturated carbocycles. The molecule has 2 aromatic carbocycles. The van der Waals surface area contributed by atoms with E-state index in [1.165, 1.54) is 10.5 Å². The van der Waals surface area contributed by atoms with Gasteiger partial charge in [-0.1, -0.05) is 49.7 Å². The summed E-state index contributed by atoms with van der Waals surface area (Å²) in [7, 11) is 0. The number of carboxylic acid groups (broad SMARTS) is 1. The van der Waals surface area contributed by atoms with Gasteiger partial charge < -0.3 is 51.8 Å². The van der Waals surface area contributed by atoms with Gasteiger partial charge in [-0.3, -0.25) is 19.2 Å². The molecule has 8 N–H and O–H groups in total. The van der Waals surface area contributed by atoms with E-state index in [0.717, 1.165) is 30.4 Å². The van der Waals surface area contributed by atoms with Crippen LogP contribution in [-0.2, 0) is 35.1 Å². The maximum absolute atomic E-state index is 14.2. The van der Waals surface area contributed by atoms with Crippen LogP contribution in [0.15, 0.2) is 48.5 Å². The molecular formula is C46H69N7O10. The first-order valence-electron chi connectivity index (χ1n) is 22.0. The van der Waals surface area contributed by atoms with Gasteiger partial charge in [0.2, 0.25) is 11.8 Å². The van der Waals surface area contributed by atoms with E-state index in [9.17, 15) is 38.7 Å². The lowest BCUT2D eigenvalue weighted by atomic mass is 10.0. The Morgan fingerprint density at radius 1 is 0.730 bits per heavy atom. The van der Waals surface area contributed by atoms with Crippen molar-refractivity contribution >= 4 is 41.8 Å². The minimum atomic E-state index is -1.62. The number of carbonyl (C=O) groups excluding carboxylic acids is 6. The number of unbranched alkanes of at least 4 members (excludes halogenated alkanes) is 3. The smallest absolute Gasteiger partial charge is 0.407 e. The Morgan fingerprint density at radius 2 is 1.25 bits per heavy atom. The highest BCUT2D eigenvalue weighted by atomic mass is 16.6. The number of likely N-dealkylation sites (tertiary alicyclic amines) is 1. The standard InChI is InChI=1S/C46H69N7O10/c1-8-9-15-30-19-21-31(22-20-30)32-23-25-33(26-24-32)38(54)50-34(16-10-12-27-48-43(60)62-45(2,3)4)41(57)53-29-14-18-36(53)39(55)52-37(47)40(56)51-35(42(58)59)17-11-13-28-49-44(61)63-46(5,6)7/h19-26,34-37H,8-18,27-29,47H2,1-7H3,(H,48,60)(H,49,61)(H,50,54)(H,51,56)(H,52,55)(H,58,59)/t34-,35-,36-,37+/m0/s1. The van der Waals surface area contributed by atoms with Gasteiger partial charge >= 0.3 is 18.2 Å². The van der Waals surface area contributed by atoms with Gasteiger partial charge in [-0.05, 0) is 135 Å². The van der Waals surface area contributed by atoms with Gasteiger partial charge in [0.1, 0.15) is 29.3 Å². The molecule has 63 heavy (non-hydrogen) atoms. The molecule has 1 fully saturated rings. The molecule has 1 saturated heterocycles. The molecule has 3 rings (SSSR count). The summed E-state index contributed by atoms with van der Waals surface area (Å²) < 4.78 is 10.5. The molecule has 0 bridgehead atoms. The van der Waals surface area contributed by atoms with Crippen LogP contribution in [0.5, 0.6) is 0 Å². The Hall–Kier alpha value is -5.71. The largest absolute Gasteiger partial charge is 0.480 e. The predicted octanol–water partition coefficient (Wildman–Crippen LogP) is 5.15. The monoisotopic (exact) mass is 880 g/mol. The molecule has 0 radical (unpaired) electrons. The maximum atomic E-state index is 14.2. The normalized spacial score (nSPS) is 15.3. The summed E-state index contributed by atoms with van der Waals surface area (Å²) in [4.78, 5) is 91.7. The average molecular weight is 880 g/mol. The fourth-order valence-electron chi connectivity index (χ4n) is 6.85. The lowest BCUT2D eigenvalue weighted by Crippen LogP contribution is -2.59. The van der Waals surface area contributed by atoms with Gasteiger partial charge in [-0.25, -0.2) is 14.4 Å². The molecule has 348 valence electrons. The van der Waals surface area contributed by atoms with Gasteiger partial charge in [0.15, 0.2) is 6.17 Å². The molecule has 0 aliphatic carbocycles. The number of alkyl carbamates (subject to hydrolysis) is 2. The SMILES string of the molecule is CCCCc1ccc(-c2ccc(C(=O)N[C@@H](CCCCNC(=O)OC(C)(C)C)C(=O)N3CCC[C@H]3C(=O)N[C@@H](N)C(=O)N[C@@H](CCCCNC(=O)OC(C)(C)C)C(=O)O)cc2)cc1. The first-order valence-corrected chi connectivity index (χ1v) is 22.0. The number of amides is 6. The molecule has 6 amide bonds. The van der Waals surface area contributed by atoms with Crippen molar-refractivity contribution in [2.75, 3.05) is 19.6 Å². The van der Waals surface area contributed by atoms with Crippen LogP contribution >= 0.6 is 0 Å². The number of nitrogens with one attached hydrogen (secondary N) is 5. The average Bonchev–Trinajstić information content (AvgIpc) is 3.71. The zero-order chi connectivity index (χ0) is 46.7. The summed E-state index contributed by atoms with van der Waals surface area (Å²) in [6.45, 7) is 13.3. The lowest BCUT2D eigenvalue weighted by molar-refractivity contribution is -0.143. The molecule has 1 aliphatic heterocycles. The topological polar surface area (TPSA) is 248 Å². The number of hydrogen-bond donors (Lipinski definition) is 7. The lowest BCUT2D eigenvalue weighted by Gasteiger charge is -2.29. The van der Waals surface area contributed by atoms with Crippen molar-refractivity contribution < 1.29 is 48.1 Å². The quantitative estimate of drug-likeness (QED) is 0.0602. The van der Waals surface area contributed by atoms with Crippen LogP contribution in [0.1, 0.15) is 129 Å². The fraction of sp³-hybridized carbons (Fsp3) is 0.587. The van der Waals surface area contributed by atoms with E-state index in [4.69, 9.17) is 15.2 Å². The minimum Gasteiger partial charge on any atom is -0.480 e. The number of carbonyl (C=O) groups is 7. The van der Waals surface area contributed by atoms with E-state index in [2.05, 4.69) is 57.8 Å². The van der Waals surface area contributed by atoms with Crippen LogP contribution in [0.4, 0.5) is 9.59 Å². The number of carboxylic acids is 1. The molecular weight excluding hydrogens is 811 g/mol. The first-order chi connectivity index (χ1) is 29.7. The van der Waals surface area contributed by atoms with E-state index >= 15 is 0 Å². The molecule has 0 aromatic heterocycles. The second-order valence-electron chi connectivity index (χ2n) is 17.8. The third-order valence-electron chi connectivity index (χ3n) is 10.1. The molecule has 1 aliphatic rings. The van der Waals surface area contributed by atoms with Crippen LogP contribution < -0.4 is 32.3 Å². The van der Waals surface area contributed by atoms with Gasteiger partial charge in [-0.2, -0.15) is 0 Å². The van der Waals surface area contributed by atoms with Crippen LogP contribution in [0.3, 0.4) is 0 Å². The summed E-state index contributed by atoms with van der Waals surface area (Å²) in [5.74, 6) is -3.91. The van der Waals surface area contributed by atoms with Gasteiger partial charge in [0, 0.05) is 25.2 Å². The molecule has 0 unspecified atom stereocenters. The summed E-state index contributed by atoms with van der Waals surface area (Å²) in [5, 5.41) is 22.7. The number of hydrogen-bond acceptors (Lipinski definition) is 10. The van der Waals surface area contributed by atoms with E-state index in [1.54, 1.807) is 53.7 Å². The van der Waals surface area contributed by atoms with E-state index < -0.39 is 77.3 Å². The van der Waals surface area contributed by atoms with Crippen LogP contribution in [0, 0.1) is 0 Å². The summed E-state index contributed by atoms with van der Waals surface area (Å²) in [5.41, 5.74) is 8.24. The van der Waals surface area contributed by atoms with Crippen molar-refractivity contribution in [3.05, 3.63) is 59.7 Å². The number of nitrogens with zero attached hydrogens (tertiary/aromatic N) is 1. The Bertz CT molecular complexity index is 1840. The number of rotatable bonds is 22. The van der Waals surface area contributed by atoms with Crippen molar-refractivity contribution in [1.82, 2.24) is 31.5 Å². The molecule has 17 nitrogen and oxygen atoms in total. The van der Waals surface area contributed by atoms with Crippen LogP contribution in [-0.4, -0.2) is 107 Å². The van der Waals surface area contributed by atoms with E-state index in [0.29, 0.717) is 37.7 Å². The zero-order valence-electron chi connectivity index (χ0n) is 38.0. The second-order valence-corrected chi connectivity index (χ2v) is 17.8. The third-order valence-corrected chi connectivity index (χ3v) is 10.1. The van der Waals surface area contributed by atoms with Gasteiger partial charge in [0.25, 0.3) is 11.8 Å². The maximum Gasteiger partial charge on any atom is 0.407 e. The molecule has 1 heterocycles. The number of aryl methyl sites for hydroxylation is 1. The van der Waals surface area contributed by atoms with Crippen molar-refractivity contribution in [1.29, 1.82) is 0 Å². The number of aliphatic carboxylic acids is 1. The summed E-state index contributed by atoms with van der Waals surface area (Å²) in [6.07, 6.45) is 3.08. The Morgan fingerprint density at radius 3 is 1.76 bits per heavy atom. The van der Waals surface area contributed by atoms with Gasteiger partial charge in [0.05, 0.1) is 0 Å². The van der Waals surface area contributed by atoms with Crippen molar-refractivity contribution in [2.24, 2.45) is 5.73 Å². The van der Waals surface area contributed by atoms with E-state index in [-0.39, 0.29) is 38.9 Å². The summed E-state index contributed by atoms with van der Waals surface area (Å²) in [6, 6.07) is 12.1. The molecule has 2 aromatic rings. The van der Waals surface area contributed by atoms with Crippen LogP contribution in [0.2, 0.25) is 0 Å². The third kappa shape index (κ3) is 18.7. The summed E-state index contributed by atoms with van der Waals surface area (Å²) >= 11 is 0. The van der Waals surface area contributed by atoms with Crippen molar-refractivity contribution in [3.8, 4) is 11.1 Å². The van der Waals surface area contributed by atoms with E-state index in [1.807, 2.05) is 12.1 Å².